The molecule has 0 aromatic heterocycles. The minimum atomic E-state index is -0.184. The fraction of sp³-hybridized carbons (Fsp3) is 0.750. The number of allylic oxidation sites excluding steroid dienone is 1. The first-order chi connectivity index (χ1) is 6.72. The van der Waals surface area contributed by atoms with Crippen LogP contribution >= 0.6 is 0 Å². The Morgan fingerprint density at radius 2 is 2.00 bits per heavy atom. The molecule has 1 rings (SSSR count). The molecule has 0 saturated heterocycles. The van der Waals surface area contributed by atoms with Crippen LogP contribution in [0.3, 0.4) is 0 Å². The van der Waals surface area contributed by atoms with E-state index in [0.717, 1.165) is 19.3 Å². The number of carbonyl (C=O) groups is 1. The second-order valence-electron chi connectivity index (χ2n) is 4.02. The van der Waals surface area contributed by atoms with E-state index >= 15 is 0 Å². The Hall–Kier alpha value is -0.790. The molecule has 1 aliphatic carbocycles. The Morgan fingerprint density at radius 3 is 2.50 bits per heavy atom. The van der Waals surface area contributed by atoms with Gasteiger partial charge in [0.05, 0.1) is 0 Å². The second-order valence-corrected chi connectivity index (χ2v) is 4.02. The summed E-state index contributed by atoms with van der Waals surface area (Å²) in [5.41, 5.74) is -0.158. The summed E-state index contributed by atoms with van der Waals surface area (Å²) in [7, 11) is 0. The SMILES string of the molecule is C/C=C/C(=O)OC1(CC)CCCCC1. The van der Waals surface area contributed by atoms with Gasteiger partial charge >= 0.3 is 5.97 Å². The van der Waals surface area contributed by atoms with E-state index < -0.39 is 0 Å². The predicted octanol–water partition coefficient (Wildman–Crippen LogP) is 3.22. The van der Waals surface area contributed by atoms with Gasteiger partial charge in [0.1, 0.15) is 5.60 Å². The van der Waals surface area contributed by atoms with Crippen molar-refractivity contribution in [2.75, 3.05) is 0 Å². The van der Waals surface area contributed by atoms with Gasteiger partial charge in [-0.25, -0.2) is 4.79 Å². The third kappa shape index (κ3) is 2.86. The molecule has 0 aliphatic heterocycles. The van der Waals surface area contributed by atoms with Gasteiger partial charge in [-0.15, -0.1) is 0 Å². The Kier molecular flexibility index (Phi) is 4.18. The van der Waals surface area contributed by atoms with Crippen molar-refractivity contribution < 1.29 is 9.53 Å². The molecular formula is C12H20O2. The van der Waals surface area contributed by atoms with Crippen LogP contribution in [0.1, 0.15) is 52.4 Å². The van der Waals surface area contributed by atoms with Crippen molar-refractivity contribution in [3.63, 3.8) is 0 Å². The number of hydrogen-bond donors (Lipinski definition) is 0. The van der Waals surface area contributed by atoms with E-state index in [-0.39, 0.29) is 11.6 Å². The monoisotopic (exact) mass is 196 g/mol. The highest BCUT2D eigenvalue weighted by Gasteiger charge is 2.33. The van der Waals surface area contributed by atoms with Crippen molar-refractivity contribution in [1.29, 1.82) is 0 Å². The number of hydrogen-bond acceptors (Lipinski definition) is 2. The van der Waals surface area contributed by atoms with E-state index in [9.17, 15) is 4.79 Å². The number of carbonyl (C=O) groups excluding carboxylic acids is 1. The molecule has 0 aromatic carbocycles. The maximum absolute atomic E-state index is 11.4. The maximum Gasteiger partial charge on any atom is 0.330 e. The van der Waals surface area contributed by atoms with Gasteiger partial charge in [0, 0.05) is 6.08 Å². The molecule has 2 heteroatoms. The van der Waals surface area contributed by atoms with Gasteiger partial charge in [0.2, 0.25) is 0 Å². The predicted molar refractivity (Wildman–Crippen MR) is 57.0 cm³/mol. The molecule has 0 spiro atoms. The molecule has 0 heterocycles. The van der Waals surface area contributed by atoms with Crippen molar-refractivity contribution in [1.82, 2.24) is 0 Å². The van der Waals surface area contributed by atoms with Crippen LogP contribution in [-0.2, 0) is 9.53 Å². The number of rotatable bonds is 3. The first-order valence-electron chi connectivity index (χ1n) is 5.58. The summed E-state index contributed by atoms with van der Waals surface area (Å²) in [5, 5.41) is 0. The Balaban J connectivity index is 2.55. The lowest BCUT2D eigenvalue weighted by atomic mass is 9.83. The Bertz CT molecular complexity index is 212. The van der Waals surface area contributed by atoms with E-state index in [2.05, 4.69) is 6.92 Å². The normalized spacial score (nSPS) is 21.0. The highest BCUT2D eigenvalue weighted by molar-refractivity contribution is 5.82. The van der Waals surface area contributed by atoms with E-state index in [1.54, 1.807) is 6.08 Å². The standard InChI is InChI=1S/C12H20O2/c1-3-8-11(13)14-12(4-2)9-6-5-7-10-12/h3,8H,4-7,9-10H2,1-2H3/b8-3+. The summed E-state index contributed by atoms with van der Waals surface area (Å²) in [6, 6.07) is 0. The fourth-order valence-electron chi connectivity index (χ4n) is 2.11. The van der Waals surface area contributed by atoms with E-state index in [4.69, 9.17) is 4.74 Å². The van der Waals surface area contributed by atoms with Gasteiger partial charge in [0.15, 0.2) is 0 Å². The van der Waals surface area contributed by atoms with Crippen LogP contribution in [0.5, 0.6) is 0 Å². The summed E-state index contributed by atoms with van der Waals surface area (Å²) in [4.78, 5) is 11.4. The van der Waals surface area contributed by atoms with Gasteiger partial charge in [-0.3, -0.25) is 0 Å². The van der Waals surface area contributed by atoms with Gasteiger partial charge in [-0.2, -0.15) is 0 Å². The number of esters is 1. The maximum atomic E-state index is 11.4. The van der Waals surface area contributed by atoms with Crippen molar-refractivity contribution >= 4 is 5.97 Å². The zero-order chi connectivity index (χ0) is 10.4. The summed E-state index contributed by atoms with van der Waals surface area (Å²) in [6.07, 6.45) is 9.91. The smallest absolute Gasteiger partial charge is 0.330 e. The van der Waals surface area contributed by atoms with Crippen LogP contribution in [-0.4, -0.2) is 11.6 Å². The first kappa shape index (κ1) is 11.3. The molecule has 0 atom stereocenters. The molecule has 0 unspecified atom stereocenters. The lowest BCUT2D eigenvalue weighted by Crippen LogP contribution is -2.36. The van der Waals surface area contributed by atoms with Crippen LogP contribution in [0, 0.1) is 0 Å². The van der Waals surface area contributed by atoms with E-state index in [1.165, 1.54) is 25.3 Å². The molecule has 14 heavy (non-hydrogen) atoms. The van der Waals surface area contributed by atoms with Gasteiger partial charge < -0.3 is 4.74 Å². The molecular weight excluding hydrogens is 176 g/mol. The topological polar surface area (TPSA) is 26.3 Å². The number of ether oxygens (including phenoxy) is 1. The molecule has 0 bridgehead atoms. The molecule has 0 N–H and O–H groups in total. The van der Waals surface area contributed by atoms with Gasteiger partial charge in [-0.1, -0.05) is 19.4 Å². The van der Waals surface area contributed by atoms with Crippen LogP contribution < -0.4 is 0 Å². The lowest BCUT2D eigenvalue weighted by Gasteiger charge is -2.35. The second kappa shape index (κ2) is 5.18. The van der Waals surface area contributed by atoms with Crippen LogP contribution in [0.25, 0.3) is 0 Å². The van der Waals surface area contributed by atoms with E-state index in [1.807, 2.05) is 6.92 Å². The molecule has 2 nitrogen and oxygen atoms in total. The largest absolute Gasteiger partial charge is 0.456 e. The lowest BCUT2D eigenvalue weighted by molar-refractivity contribution is -0.157. The highest BCUT2D eigenvalue weighted by atomic mass is 16.6. The highest BCUT2D eigenvalue weighted by Crippen LogP contribution is 2.34. The fourth-order valence-corrected chi connectivity index (χ4v) is 2.11. The minimum absolute atomic E-state index is 0.158. The minimum Gasteiger partial charge on any atom is -0.456 e. The molecule has 0 radical (unpaired) electrons. The summed E-state index contributed by atoms with van der Waals surface area (Å²) in [5.74, 6) is -0.184. The molecule has 0 aromatic rings. The van der Waals surface area contributed by atoms with Crippen molar-refractivity contribution in [3.05, 3.63) is 12.2 Å². The zero-order valence-electron chi connectivity index (χ0n) is 9.21. The van der Waals surface area contributed by atoms with Crippen LogP contribution in [0.2, 0.25) is 0 Å². The third-order valence-electron chi connectivity index (χ3n) is 3.03. The van der Waals surface area contributed by atoms with Crippen molar-refractivity contribution in [2.24, 2.45) is 0 Å². The zero-order valence-corrected chi connectivity index (χ0v) is 9.21. The van der Waals surface area contributed by atoms with Crippen molar-refractivity contribution in [3.8, 4) is 0 Å². The third-order valence-corrected chi connectivity index (χ3v) is 3.03. The average molecular weight is 196 g/mol. The van der Waals surface area contributed by atoms with Crippen molar-refractivity contribution in [2.45, 2.75) is 58.0 Å². The summed E-state index contributed by atoms with van der Waals surface area (Å²) < 4.78 is 5.54. The molecule has 1 fully saturated rings. The Morgan fingerprint density at radius 1 is 1.36 bits per heavy atom. The van der Waals surface area contributed by atoms with Crippen LogP contribution in [0.15, 0.2) is 12.2 Å². The van der Waals surface area contributed by atoms with Gasteiger partial charge in [0.25, 0.3) is 0 Å². The van der Waals surface area contributed by atoms with Crippen LogP contribution in [0.4, 0.5) is 0 Å². The summed E-state index contributed by atoms with van der Waals surface area (Å²) in [6.45, 7) is 3.94. The summed E-state index contributed by atoms with van der Waals surface area (Å²) >= 11 is 0. The molecule has 0 amide bonds. The quantitative estimate of drug-likeness (QED) is 0.511. The average Bonchev–Trinajstić information content (AvgIpc) is 2.19. The first-order valence-corrected chi connectivity index (χ1v) is 5.58. The Labute approximate surface area is 86.3 Å². The molecule has 1 aliphatic rings. The van der Waals surface area contributed by atoms with E-state index in [0.29, 0.717) is 0 Å². The molecule has 1 saturated carbocycles. The molecule has 80 valence electrons. The van der Waals surface area contributed by atoms with Gasteiger partial charge in [-0.05, 0) is 39.0 Å².